The monoisotopic (exact) mass is 197 g/mol. The maximum atomic E-state index is 11.8. The predicted octanol–water partition coefficient (Wildman–Crippen LogP) is -0.488. The average Bonchev–Trinajstić information content (AvgIpc) is 2.12. The highest BCUT2D eigenvalue weighted by atomic mass is 16.2. The van der Waals surface area contributed by atoms with Crippen LogP contribution in [0, 0.1) is 0 Å². The lowest BCUT2D eigenvalue weighted by molar-refractivity contribution is -0.133. The molecule has 1 amide bonds. The van der Waals surface area contributed by atoms with E-state index in [9.17, 15) is 4.79 Å². The molecule has 4 heteroatoms. The summed E-state index contributed by atoms with van der Waals surface area (Å²) in [6.07, 6.45) is 1.86. The van der Waals surface area contributed by atoms with Gasteiger partial charge >= 0.3 is 0 Å². The van der Waals surface area contributed by atoms with E-state index in [-0.39, 0.29) is 0 Å². The first kappa shape index (κ1) is 9.93. The van der Waals surface area contributed by atoms with Crippen LogP contribution in [0.3, 0.4) is 0 Å². The van der Waals surface area contributed by atoms with Crippen LogP contribution >= 0.6 is 0 Å². The van der Waals surface area contributed by atoms with Gasteiger partial charge in [-0.25, -0.2) is 0 Å². The summed E-state index contributed by atoms with van der Waals surface area (Å²) in [6, 6.07) is 0.460. The van der Waals surface area contributed by atoms with Gasteiger partial charge in [-0.05, 0) is 20.0 Å². The van der Waals surface area contributed by atoms with Gasteiger partial charge in [0.25, 0.3) is 0 Å². The maximum absolute atomic E-state index is 11.8. The molecule has 14 heavy (non-hydrogen) atoms. The normalized spacial score (nSPS) is 28.6. The van der Waals surface area contributed by atoms with Gasteiger partial charge in [0.1, 0.15) is 0 Å². The smallest absolute Gasteiger partial charge is 0.224 e. The Labute approximate surface area is 85.2 Å². The molecule has 0 aromatic heterocycles. The number of amides is 1. The van der Waals surface area contributed by atoms with Crippen molar-refractivity contribution >= 4 is 5.91 Å². The molecule has 2 heterocycles. The first-order valence-electron chi connectivity index (χ1n) is 5.45. The molecular weight excluding hydrogens is 178 g/mol. The summed E-state index contributed by atoms with van der Waals surface area (Å²) in [4.78, 5) is 16.0. The third-order valence-corrected chi connectivity index (χ3v) is 3.20. The Bertz CT molecular complexity index is 207. The second-order valence-electron chi connectivity index (χ2n) is 4.33. The fraction of sp³-hybridized carbons (Fsp3) is 0.900. The van der Waals surface area contributed by atoms with Gasteiger partial charge in [0, 0.05) is 38.6 Å². The lowest BCUT2D eigenvalue weighted by Crippen LogP contribution is -2.51. The lowest BCUT2D eigenvalue weighted by atomic mass is 10.0. The molecule has 2 saturated heterocycles. The number of nitrogens with zero attached hydrogens (tertiary/aromatic N) is 2. The molecule has 4 nitrogen and oxygen atoms in total. The fourth-order valence-electron chi connectivity index (χ4n) is 1.92. The molecule has 2 rings (SSSR count). The van der Waals surface area contributed by atoms with Crippen molar-refractivity contribution in [3.05, 3.63) is 0 Å². The van der Waals surface area contributed by atoms with Gasteiger partial charge in [-0.1, -0.05) is 0 Å². The van der Waals surface area contributed by atoms with Gasteiger partial charge in [-0.3, -0.25) is 4.79 Å². The van der Waals surface area contributed by atoms with Crippen molar-refractivity contribution in [2.45, 2.75) is 18.9 Å². The van der Waals surface area contributed by atoms with E-state index in [1.807, 2.05) is 4.90 Å². The van der Waals surface area contributed by atoms with Crippen molar-refractivity contribution in [1.29, 1.82) is 0 Å². The zero-order valence-corrected chi connectivity index (χ0v) is 8.83. The topological polar surface area (TPSA) is 35.6 Å². The molecule has 1 unspecified atom stereocenters. The van der Waals surface area contributed by atoms with E-state index < -0.39 is 0 Å². The first-order chi connectivity index (χ1) is 6.75. The average molecular weight is 197 g/mol. The molecule has 0 bridgehead atoms. The van der Waals surface area contributed by atoms with Crippen LogP contribution in [0.5, 0.6) is 0 Å². The minimum absolute atomic E-state index is 0.329. The lowest BCUT2D eigenvalue weighted by Gasteiger charge is -2.35. The number of likely N-dealkylation sites (N-methyl/N-ethyl adjacent to an activating group) is 1. The van der Waals surface area contributed by atoms with Crippen LogP contribution in [0.1, 0.15) is 12.8 Å². The first-order valence-corrected chi connectivity index (χ1v) is 5.45. The third kappa shape index (κ3) is 2.25. The number of carbonyl (C=O) groups excluding carboxylic acids is 1. The summed E-state index contributed by atoms with van der Waals surface area (Å²) in [5, 5.41) is 3.27. The van der Waals surface area contributed by atoms with E-state index in [0.717, 1.165) is 32.7 Å². The zero-order valence-electron chi connectivity index (χ0n) is 8.83. The Morgan fingerprint density at radius 3 is 2.50 bits per heavy atom. The molecule has 0 spiro atoms. The standard InChI is InChI=1S/C10H19N3O/c1-12-4-6-13(7-5-12)10(14)8-9-2-3-11-9/h9,11H,2-8H2,1H3. The van der Waals surface area contributed by atoms with Crippen LogP contribution in [-0.4, -0.2) is 61.5 Å². The van der Waals surface area contributed by atoms with E-state index in [4.69, 9.17) is 0 Å². The number of nitrogens with one attached hydrogen (secondary N) is 1. The minimum Gasteiger partial charge on any atom is -0.340 e. The van der Waals surface area contributed by atoms with E-state index in [2.05, 4.69) is 17.3 Å². The van der Waals surface area contributed by atoms with Crippen LogP contribution in [0.15, 0.2) is 0 Å². The van der Waals surface area contributed by atoms with Crippen molar-refractivity contribution in [3.63, 3.8) is 0 Å². The molecule has 0 aromatic carbocycles. The van der Waals surface area contributed by atoms with E-state index >= 15 is 0 Å². The Balaban J connectivity index is 1.74. The quantitative estimate of drug-likeness (QED) is 0.649. The molecule has 0 aromatic rings. The van der Waals surface area contributed by atoms with Gasteiger partial charge in [-0.2, -0.15) is 0 Å². The van der Waals surface area contributed by atoms with Crippen LogP contribution < -0.4 is 5.32 Å². The predicted molar refractivity (Wildman–Crippen MR) is 55.1 cm³/mol. The second-order valence-corrected chi connectivity index (χ2v) is 4.33. The molecule has 1 atom stereocenters. The summed E-state index contributed by atoms with van der Waals surface area (Å²) in [7, 11) is 2.11. The van der Waals surface area contributed by atoms with Gasteiger partial charge < -0.3 is 15.1 Å². The maximum Gasteiger partial charge on any atom is 0.224 e. The summed E-state index contributed by atoms with van der Waals surface area (Å²) in [5.41, 5.74) is 0. The number of carbonyl (C=O) groups is 1. The Morgan fingerprint density at radius 2 is 2.00 bits per heavy atom. The molecule has 80 valence electrons. The van der Waals surface area contributed by atoms with Crippen LogP contribution in [0.25, 0.3) is 0 Å². The molecule has 0 aliphatic carbocycles. The summed E-state index contributed by atoms with van der Waals surface area (Å²) < 4.78 is 0. The number of hydrogen-bond donors (Lipinski definition) is 1. The fourth-order valence-corrected chi connectivity index (χ4v) is 1.92. The second kappa shape index (κ2) is 4.28. The van der Waals surface area contributed by atoms with Crippen molar-refractivity contribution in [3.8, 4) is 0 Å². The summed E-state index contributed by atoms with van der Waals surface area (Å²) >= 11 is 0. The number of piperazine rings is 1. The van der Waals surface area contributed by atoms with Crippen molar-refractivity contribution in [2.24, 2.45) is 0 Å². The largest absolute Gasteiger partial charge is 0.340 e. The van der Waals surface area contributed by atoms with Crippen LogP contribution in [0.2, 0.25) is 0 Å². The Hall–Kier alpha value is -0.610. The molecule has 2 aliphatic rings. The van der Waals surface area contributed by atoms with Crippen molar-refractivity contribution < 1.29 is 4.79 Å². The summed E-state index contributed by atoms with van der Waals surface area (Å²) in [5.74, 6) is 0.329. The van der Waals surface area contributed by atoms with Crippen molar-refractivity contribution in [2.75, 3.05) is 39.8 Å². The minimum atomic E-state index is 0.329. The van der Waals surface area contributed by atoms with Crippen molar-refractivity contribution in [1.82, 2.24) is 15.1 Å². The molecular formula is C10H19N3O. The highest BCUT2D eigenvalue weighted by molar-refractivity contribution is 5.77. The highest BCUT2D eigenvalue weighted by Gasteiger charge is 2.24. The van der Waals surface area contributed by atoms with E-state index in [1.165, 1.54) is 6.42 Å². The molecule has 0 saturated carbocycles. The van der Waals surface area contributed by atoms with E-state index in [0.29, 0.717) is 18.4 Å². The van der Waals surface area contributed by atoms with Gasteiger partial charge in [0.05, 0.1) is 0 Å². The van der Waals surface area contributed by atoms with Gasteiger partial charge in [0.15, 0.2) is 0 Å². The van der Waals surface area contributed by atoms with Gasteiger partial charge in [0.2, 0.25) is 5.91 Å². The Morgan fingerprint density at radius 1 is 1.36 bits per heavy atom. The SMILES string of the molecule is CN1CCN(C(=O)CC2CCN2)CC1. The number of rotatable bonds is 2. The molecule has 2 aliphatic heterocycles. The Kier molecular flexibility index (Phi) is 3.03. The third-order valence-electron chi connectivity index (χ3n) is 3.20. The highest BCUT2D eigenvalue weighted by Crippen LogP contribution is 2.10. The van der Waals surface area contributed by atoms with Gasteiger partial charge in [-0.15, -0.1) is 0 Å². The number of hydrogen-bond acceptors (Lipinski definition) is 3. The van der Waals surface area contributed by atoms with Crippen LogP contribution in [-0.2, 0) is 4.79 Å². The van der Waals surface area contributed by atoms with Crippen LogP contribution in [0.4, 0.5) is 0 Å². The zero-order chi connectivity index (χ0) is 9.97. The molecule has 0 radical (unpaired) electrons. The molecule has 1 N–H and O–H groups in total. The van der Waals surface area contributed by atoms with E-state index in [1.54, 1.807) is 0 Å². The molecule has 2 fully saturated rings. The summed E-state index contributed by atoms with van der Waals surface area (Å²) in [6.45, 7) is 4.93.